The van der Waals surface area contributed by atoms with Crippen molar-refractivity contribution in [3.05, 3.63) is 34.9 Å². The van der Waals surface area contributed by atoms with E-state index >= 15 is 0 Å². The monoisotopic (exact) mass is 285 g/mol. The van der Waals surface area contributed by atoms with Gasteiger partial charge in [0, 0.05) is 5.54 Å². The minimum Gasteiger partial charge on any atom is -0.329 e. The minimum absolute atomic E-state index is 0.104. The van der Waals surface area contributed by atoms with Gasteiger partial charge in [-0.25, -0.2) is 0 Å². The van der Waals surface area contributed by atoms with Gasteiger partial charge in [-0.15, -0.1) is 0 Å². The Bertz CT molecular complexity index is 576. The normalized spacial score (nSPS) is 24.5. The number of hydrogen-bond acceptors (Lipinski definition) is 1. The molecule has 0 unspecified atom stereocenters. The van der Waals surface area contributed by atoms with Crippen LogP contribution in [0, 0.1) is 19.3 Å². The van der Waals surface area contributed by atoms with Crippen molar-refractivity contribution in [3.63, 3.8) is 0 Å². The van der Waals surface area contributed by atoms with E-state index in [4.69, 9.17) is 0 Å². The molecule has 1 amide bonds. The topological polar surface area (TPSA) is 20.3 Å². The molecule has 1 atom stereocenters. The van der Waals surface area contributed by atoms with Crippen LogP contribution < -0.4 is 0 Å². The summed E-state index contributed by atoms with van der Waals surface area (Å²) in [7, 11) is 0. The van der Waals surface area contributed by atoms with E-state index in [-0.39, 0.29) is 17.0 Å². The van der Waals surface area contributed by atoms with Crippen molar-refractivity contribution in [1.29, 1.82) is 0 Å². The number of likely N-dealkylation sites (tertiary alicyclic amines) is 1. The maximum absolute atomic E-state index is 12.9. The number of carbonyl (C=O) groups is 1. The van der Waals surface area contributed by atoms with Gasteiger partial charge in [0.1, 0.15) is 0 Å². The molecular weight excluding hydrogens is 258 g/mol. The summed E-state index contributed by atoms with van der Waals surface area (Å²) >= 11 is 0. The lowest BCUT2D eigenvalue weighted by molar-refractivity contribution is -0.184. The largest absolute Gasteiger partial charge is 0.329 e. The lowest BCUT2D eigenvalue weighted by Gasteiger charge is -2.60. The Morgan fingerprint density at radius 2 is 1.76 bits per heavy atom. The van der Waals surface area contributed by atoms with Crippen LogP contribution in [-0.4, -0.2) is 16.3 Å². The van der Waals surface area contributed by atoms with Gasteiger partial charge in [-0.1, -0.05) is 36.6 Å². The molecule has 1 aliphatic carbocycles. The minimum atomic E-state index is -0.104. The van der Waals surface area contributed by atoms with E-state index in [0.717, 1.165) is 12.8 Å². The molecule has 2 fully saturated rings. The standard InChI is InChI=1S/C19H27NO/c1-13-8-9-15(14(2)12-13)16-19(10-6-7-11-19)17(21)20(16)18(3,4)5/h8-9,12,16H,6-7,10-11H2,1-5H3/t16-/m1/s1. The summed E-state index contributed by atoms with van der Waals surface area (Å²) in [6, 6.07) is 6.96. The smallest absolute Gasteiger partial charge is 0.232 e. The van der Waals surface area contributed by atoms with E-state index in [9.17, 15) is 4.79 Å². The Hall–Kier alpha value is -1.31. The Kier molecular flexibility index (Phi) is 3.20. The summed E-state index contributed by atoms with van der Waals surface area (Å²) in [5.41, 5.74) is 3.77. The van der Waals surface area contributed by atoms with Crippen molar-refractivity contribution >= 4 is 5.91 Å². The molecule has 1 heterocycles. The van der Waals surface area contributed by atoms with Crippen molar-refractivity contribution in [2.24, 2.45) is 5.41 Å². The molecule has 2 nitrogen and oxygen atoms in total. The summed E-state index contributed by atoms with van der Waals surface area (Å²) in [4.78, 5) is 15.1. The van der Waals surface area contributed by atoms with Crippen LogP contribution in [0.3, 0.4) is 0 Å². The molecule has 21 heavy (non-hydrogen) atoms. The third-order valence-corrected chi connectivity index (χ3v) is 5.36. The number of aryl methyl sites for hydroxylation is 2. The van der Waals surface area contributed by atoms with Crippen molar-refractivity contribution in [1.82, 2.24) is 4.90 Å². The van der Waals surface area contributed by atoms with Gasteiger partial charge in [-0.3, -0.25) is 4.79 Å². The highest BCUT2D eigenvalue weighted by molar-refractivity contribution is 5.92. The van der Waals surface area contributed by atoms with Crippen molar-refractivity contribution in [2.45, 2.75) is 71.9 Å². The Labute approximate surface area is 128 Å². The second kappa shape index (κ2) is 4.59. The zero-order valence-corrected chi connectivity index (χ0v) is 14.0. The molecule has 0 N–H and O–H groups in total. The van der Waals surface area contributed by atoms with Crippen LogP contribution in [0.25, 0.3) is 0 Å². The summed E-state index contributed by atoms with van der Waals surface area (Å²) in [5.74, 6) is 0.387. The number of β-lactam (4-membered cyclic amide) rings is 1. The zero-order valence-electron chi connectivity index (χ0n) is 14.0. The Balaban J connectivity index is 2.08. The van der Waals surface area contributed by atoms with Crippen molar-refractivity contribution in [3.8, 4) is 0 Å². The van der Waals surface area contributed by atoms with Gasteiger partial charge in [-0.2, -0.15) is 0 Å². The second-order valence-electron chi connectivity index (χ2n) is 7.97. The van der Waals surface area contributed by atoms with Gasteiger partial charge in [0.15, 0.2) is 0 Å². The highest BCUT2D eigenvalue weighted by atomic mass is 16.2. The van der Waals surface area contributed by atoms with Gasteiger partial charge in [-0.05, 0) is 58.6 Å². The van der Waals surface area contributed by atoms with Crippen LogP contribution in [0.1, 0.15) is 69.2 Å². The first-order chi connectivity index (χ1) is 9.77. The fourth-order valence-corrected chi connectivity index (χ4v) is 4.41. The molecule has 0 bridgehead atoms. The predicted octanol–water partition coefficient (Wildman–Crippen LogP) is 4.55. The third-order valence-electron chi connectivity index (χ3n) is 5.36. The van der Waals surface area contributed by atoms with Crippen LogP contribution in [0.2, 0.25) is 0 Å². The fourth-order valence-electron chi connectivity index (χ4n) is 4.41. The fraction of sp³-hybridized carbons (Fsp3) is 0.632. The van der Waals surface area contributed by atoms with Gasteiger partial charge >= 0.3 is 0 Å². The summed E-state index contributed by atoms with van der Waals surface area (Å²) < 4.78 is 0. The quantitative estimate of drug-likeness (QED) is 0.693. The number of nitrogens with zero attached hydrogens (tertiary/aromatic N) is 1. The molecule has 0 aromatic heterocycles. The van der Waals surface area contributed by atoms with E-state index in [0.29, 0.717) is 5.91 Å². The van der Waals surface area contributed by atoms with Gasteiger partial charge < -0.3 is 4.90 Å². The summed E-state index contributed by atoms with van der Waals surface area (Å²) in [6.45, 7) is 10.8. The van der Waals surface area contributed by atoms with E-state index in [1.54, 1.807) is 0 Å². The Morgan fingerprint density at radius 3 is 2.29 bits per heavy atom. The Morgan fingerprint density at radius 1 is 1.14 bits per heavy atom. The molecule has 1 saturated carbocycles. The first-order valence-electron chi connectivity index (χ1n) is 8.18. The number of amides is 1. The van der Waals surface area contributed by atoms with Gasteiger partial charge in [0.05, 0.1) is 11.5 Å². The van der Waals surface area contributed by atoms with E-state index in [2.05, 4.69) is 57.7 Å². The average molecular weight is 285 g/mol. The van der Waals surface area contributed by atoms with E-state index < -0.39 is 0 Å². The van der Waals surface area contributed by atoms with Gasteiger partial charge in [0.2, 0.25) is 5.91 Å². The summed E-state index contributed by atoms with van der Waals surface area (Å²) in [6.07, 6.45) is 4.53. The lowest BCUT2D eigenvalue weighted by Crippen LogP contribution is -2.67. The molecule has 2 aliphatic rings. The molecule has 1 aliphatic heterocycles. The number of rotatable bonds is 1. The molecule has 1 aromatic carbocycles. The molecule has 2 heteroatoms. The van der Waals surface area contributed by atoms with Crippen LogP contribution in [-0.2, 0) is 4.79 Å². The van der Waals surface area contributed by atoms with Crippen LogP contribution in [0.4, 0.5) is 0 Å². The highest BCUT2D eigenvalue weighted by Crippen LogP contribution is 2.61. The first kappa shape index (κ1) is 14.6. The lowest BCUT2D eigenvalue weighted by atomic mass is 9.64. The van der Waals surface area contributed by atoms with Gasteiger partial charge in [0.25, 0.3) is 0 Å². The van der Waals surface area contributed by atoms with Crippen molar-refractivity contribution < 1.29 is 4.79 Å². The number of hydrogen-bond donors (Lipinski definition) is 0. The molecule has 3 rings (SSSR count). The molecule has 1 saturated heterocycles. The van der Waals surface area contributed by atoms with E-state index in [1.165, 1.54) is 29.5 Å². The van der Waals surface area contributed by atoms with Crippen LogP contribution in [0.5, 0.6) is 0 Å². The van der Waals surface area contributed by atoms with E-state index in [1.807, 2.05) is 0 Å². The maximum Gasteiger partial charge on any atom is 0.232 e. The second-order valence-corrected chi connectivity index (χ2v) is 7.97. The molecule has 1 spiro atoms. The highest BCUT2D eigenvalue weighted by Gasteiger charge is 2.64. The molecule has 0 radical (unpaired) electrons. The third kappa shape index (κ3) is 2.03. The molecular formula is C19H27NO. The van der Waals surface area contributed by atoms with Crippen LogP contribution in [0.15, 0.2) is 18.2 Å². The average Bonchev–Trinajstić information content (AvgIpc) is 2.86. The SMILES string of the molecule is Cc1ccc([C@H]2N(C(C)(C)C)C(=O)C23CCCC3)c(C)c1. The number of carbonyl (C=O) groups excluding carboxylic acids is 1. The molecule has 114 valence electrons. The van der Waals surface area contributed by atoms with Crippen molar-refractivity contribution in [2.75, 3.05) is 0 Å². The maximum atomic E-state index is 12.9. The predicted molar refractivity (Wildman–Crippen MR) is 86.2 cm³/mol. The number of benzene rings is 1. The first-order valence-corrected chi connectivity index (χ1v) is 8.18. The molecule has 1 aromatic rings. The van der Waals surface area contributed by atoms with Crippen LogP contribution >= 0.6 is 0 Å². The zero-order chi connectivity index (χ0) is 15.4. The summed E-state index contributed by atoms with van der Waals surface area (Å²) in [5, 5.41) is 0.